The number of benzene rings is 2. The Kier molecular flexibility index (Phi) is 4.15. The fourth-order valence-corrected chi connectivity index (χ4v) is 2.90. The SMILES string of the molecule is N#Cc1cn(C(=O)/C=C/c2ccc(-c3ccc(F)cc3)o2)c2ccccc12. The summed E-state index contributed by atoms with van der Waals surface area (Å²) in [4.78, 5) is 12.6. The van der Waals surface area contributed by atoms with Crippen LogP contribution >= 0.6 is 0 Å². The van der Waals surface area contributed by atoms with E-state index in [2.05, 4.69) is 6.07 Å². The van der Waals surface area contributed by atoms with Crippen molar-refractivity contribution in [1.29, 1.82) is 5.26 Å². The number of carbonyl (C=O) groups is 1. The van der Waals surface area contributed by atoms with Crippen LogP contribution in [0.4, 0.5) is 4.39 Å². The zero-order chi connectivity index (χ0) is 18.8. The number of rotatable bonds is 3. The van der Waals surface area contributed by atoms with E-state index in [1.165, 1.54) is 29.0 Å². The molecule has 0 spiro atoms. The smallest absolute Gasteiger partial charge is 0.255 e. The lowest BCUT2D eigenvalue weighted by molar-refractivity contribution is 0.0974. The molecule has 0 saturated heterocycles. The highest BCUT2D eigenvalue weighted by molar-refractivity contribution is 6.01. The van der Waals surface area contributed by atoms with Crippen LogP contribution in [0, 0.1) is 17.1 Å². The van der Waals surface area contributed by atoms with Gasteiger partial charge in [-0.3, -0.25) is 9.36 Å². The highest BCUT2D eigenvalue weighted by Crippen LogP contribution is 2.24. The molecule has 2 aromatic carbocycles. The third kappa shape index (κ3) is 3.16. The molecule has 0 aliphatic rings. The van der Waals surface area contributed by atoms with Crippen LogP contribution < -0.4 is 0 Å². The van der Waals surface area contributed by atoms with E-state index in [1.807, 2.05) is 18.2 Å². The summed E-state index contributed by atoms with van der Waals surface area (Å²) in [5.74, 6) is 0.485. The van der Waals surface area contributed by atoms with E-state index in [-0.39, 0.29) is 11.7 Å². The molecule has 0 amide bonds. The maximum absolute atomic E-state index is 13.0. The van der Waals surface area contributed by atoms with Crippen molar-refractivity contribution in [1.82, 2.24) is 4.57 Å². The van der Waals surface area contributed by atoms with E-state index in [1.54, 1.807) is 36.4 Å². The van der Waals surface area contributed by atoms with E-state index in [0.717, 1.165) is 10.9 Å². The van der Waals surface area contributed by atoms with Gasteiger partial charge in [0.15, 0.2) is 0 Å². The second kappa shape index (κ2) is 6.77. The number of carbonyl (C=O) groups excluding carboxylic acids is 1. The molecule has 0 radical (unpaired) electrons. The van der Waals surface area contributed by atoms with Gasteiger partial charge >= 0.3 is 0 Å². The van der Waals surface area contributed by atoms with Gasteiger partial charge < -0.3 is 4.42 Å². The molecule has 2 heterocycles. The second-order valence-corrected chi connectivity index (χ2v) is 5.92. The first-order chi connectivity index (χ1) is 13.2. The number of nitriles is 1. The topological polar surface area (TPSA) is 58.9 Å². The molecule has 4 rings (SSSR count). The van der Waals surface area contributed by atoms with Gasteiger partial charge in [0.1, 0.15) is 23.4 Å². The first kappa shape index (κ1) is 16.6. The molecular weight excluding hydrogens is 343 g/mol. The van der Waals surface area contributed by atoms with Gasteiger partial charge in [-0.25, -0.2) is 4.39 Å². The lowest BCUT2D eigenvalue weighted by atomic mass is 10.2. The summed E-state index contributed by atoms with van der Waals surface area (Å²) in [6.07, 6.45) is 4.49. The molecule has 27 heavy (non-hydrogen) atoms. The highest BCUT2D eigenvalue weighted by Gasteiger charge is 2.11. The molecule has 0 aliphatic carbocycles. The number of fused-ring (bicyclic) bond motifs is 1. The Bertz CT molecular complexity index is 1210. The Morgan fingerprint density at radius 1 is 1.07 bits per heavy atom. The number of hydrogen-bond donors (Lipinski definition) is 0. The Balaban J connectivity index is 1.60. The average Bonchev–Trinajstić information content (AvgIpc) is 3.31. The molecule has 4 nitrogen and oxygen atoms in total. The molecule has 0 fully saturated rings. The molecule has 4 aromatic rings. The summed E-state index contributed by atoms with van der Waals surface area (Å²) in [5.41, 5.74) is 1.87. The van der Waals surface area contributed by atoms with E-state index in [0.29, 0.717) is 22.6 Å². The van der Waals surface area contributed by atoms with Gasteiger partial charge in [-0.1, -0.05) is 18.2 Å². The molecule has 130 valence electrons. The maximum Gasteiger partial charge on any atom is 0.255 e. The van der Waals surface area contributed by atoms with Gasteiger partial charge in [0, 0.05) is 23.2 Å². The van der Waals surface area contributed by atoms with Gasteiger partial charge in [-0.15, -0.1) is 0 Å². The zero-order valence-electron chi connectivity index (χ0n) is 14.1. The largest absolute Gasteiger partial charge is 0.457 e. The van der Waals surface area contributed by atoms with Crippen LogP contribution in [0.1, 0.15) is 16.1 Å². The van der Waals surface area contributed by atoms with Crippen LogP contribution in [0.3, 0.4) is 0 Å². The summed E-state index contributed by atoms with van der Waals surface area (Å²) in [6.45, 7) is 0. The predicted octanol–water partition coefficient (Wildman–Crippen LogP) is 5.27. The fraction of sp³-hybridized carbons (Fsp3) is 0. The lowest BCUT2D eigenvalue weighted by Crippen LogP contribution is -2.04. The molecule has 0 atom stereocenters. The first-order valence-electron chi connectivity index (χ1n) is 8.24. The second-order valence-electron chi connectivity index (χ2n) is 5.92. The lowest BCUT2D eigenvalue weighted by Gasteiger charge is -1.99. The summed E-state index contributed by atoms with van der Waals surface area (Å²) in [7, 11) is 0. The summed E-state index contributed by atoms with van der Waals surface area (Å²) in [5, 5.41) is 9.97. The van der Waals surface area contributed by atoms with Crippen LogP contribution in [-0.2, 0) is 0 Å². The van der Waals surface area contributed by atoms with E-state index in [9.17, 15) is 14.4 Å². The number of halogens is 1. The Hall–Kier alpha value is -3.91. The van der Waals surface area contributed by atoms with Gasteiger partial charge in [-0.2, -0.15) is 5.26 Å². The molecule has 5 heteroatoms. The van der Waals surface area contributed by atoms with Crippen molar-refractivity contribution in [3.63, 3.8) is 0 Å². The van der Waals surface area contributed by atoms with Gasteiger partial charge in [-0.05, 0) is 48.5 Å². The Labute approximate surface area is 154 Å². The van der Waals surface area contributed by atoms with Crippen LogP contribution in [0.5, 0.6) is 0 Å². The number of para-hydroxylation sites is 1. The maximum atomic E-state index is 13.0. The summed E-state index contributed by atoms with van der Waals surface area (Å²) < 4.78 is 20.1. The van der Waals surface area contributed by atoms with Crippen LogP contribution in [0.25, 0.3) is 28.3 Å². The van der Waals surface area contributed by atoms with Crippen LogP contribution in [0.2, 0.25) is 0 Å². The van der Waals surface area contributed by atoms with Crippen molar-refractivity contribution in [3.05, 3.63) is 90.1 Å². The van der Waals surface area contributed by atoms with Gasteiger partial charge in [0.05, 0.1) is 11.1 Å². The van der Waals surface area contributed by atoms with E-state index >= 15 is 0 Å². The normalized spacial score (nSPS) is 11.1. The Morgan fingerprint density at radius 2 is 1.85 bits per heavy atom. The number of hydrogen-bond acceptors (Lipinski definition) is 3. The van der Waals surface area contributed by atoms with Crippen molar-refractivity contribution in [2.75, 3.05) is 0 Å². The van der Waals surface area contributed by atoms with E-state index < -0.39 is 0 Å². The van der Waals surface area contributed by atoms with Gasteiger partial charge in [0.25, 0.3) is 5.91 Å². The third-order valence-electron chi connectivity index (χ3n) is 4.22. The van der Waals surface area contributed by atoms with Crippen molar-refractivity contribution in [3.8, 4) is 17.4 Å². The first-order valence-corrected chi connectivity index (χ1v) is 8.24. The summed E-state index contributed by atoms with van der Waals surface area (Å²) >= 11 is 0. The van der Waals surface area contributed by atoms with Gasteiger partial charge in [0.2, 0.25) is 0 Å². The molecule has 0 N–H and O–H groups in total. The van der Waals surface area contributed by atoms with Crippen molar-refractivity contribution < 1.29 is 13.6 Å². The summed E-state index contributed by atoms with van der Waals surface area (Å²) in [6, 6.07) is 18.8. The average molecular weight is 356 g/mol. The van der Waals surface area contributed by atoms with Crippen LogP contribution in [0.15, 0.2) is 77.4 Å². The molecule has 0 unspecified atom stereocenters. The van der Waals surface area contributed by atoms with Crippen molar-refractivity contribution in [2.45, 2.75) is 0 Å². The monoisotopic (exact) mass is 356 g/mol. The quantitative estimate of drug-likeness (QED) is 0.470. The molecule has 0 saturated carbocycles. The molecular formula is C22H13FN2O2. The number of allylic oxidation sites excluding steroid dienone is 1. The predicted molar refractivity (Wildman–Crippen MR) is 100 cm³/mol. The number of aromatic nitrogens is 1. The number of nitrogens with zero attached hydrogens (tertiary/aromatic N) is 2. The van der Waals surface area contributed by atoms with E-state index in [4.69, 9.17) is 4.42 Å². The molecule has 0 bridgehead atoms. The zero-order valence-corrected chi connectivity index (χ0v) is 14.1. The number of furan rings is 1. The molecule has 0 aliphatic heterocycles. The standard InChI is InChI=1S/C22H13FN2O2/c23-17-7-5-15(6-8-17)21-11-9-18(27-21)10-12-22(26)25-14-16(13-24)19-3-1-2-4-20(19)25/h1-12,14H/b12-10+. The molecule has 2 aromatic heterocycles. The Morgan fingerprint density at radius 3 is 2.63 bits per heavy atom. The minimum Gasteiger partial charge on any atom is -0.457 e. The van der Waals surface area contributed by atoms with Crippen molar-refractivity contribution >= 4 is 22.9 Å². The fourth-order valence-electron chi connectivity index (χ4n) is 2.90. The van der Waals surface area contributed by atoms with Crippen LogP contribution in [-0.4, -0.2) is 10.5 Å². The third-order valence-corrected chi connectivity index (χ3v) is 4.22. The van der Waals surface area contributed by atoms with Crippen molar-refractivity contribution in [2.24, 2.45) is 0 Å². The highest BCUT2D eigenvalue weighted by atomic mass is 19.1. The minimum atomic E-state index is -0.313. The minimum absolute atomic E-state index is 0.285.